The fourth-order valence-corrected chi connectivity index (χ4v) is 1.55. The van der Waals surface area contributed by atoms with Crippen LogP contribution in [-0.4, -0.2) is 14.2 Å². The highest BCUT2D eigenvalue weighted by molar-refractivity contribution is 5.66. The molecule has 0 bridgehead atoms. The molecule has 0 spiro atoms. The summed E-state index contributed by atoms with van der Waals surface area (Å²) in [6, 6.07) is 17.5. The SMILES string of the molecule is C.C=C(C)c1ccccc1OC.COc1ccccc1. The van der Waals surface area contributed by atoms with Gasteiger partial charge in [-0.05, 0) is 30.7 Å². The van der Waals surface area contributed by atoms with Gasteiger partial charge in [-0.2, -0.15) is 0 Å². The second kappa shape index (κ2) is 9.68. The Hall–Kier alpha value is -2.22. The molecule has 2 heteroatoms. The normalized spacial score (nSPS) is 8.55. The van der Waals surface area contributed by atoms with Crippen LogP contribution in [0.3, 0.4) is 0 Å². The molecule has 2 nitrogen and oxygen atoms in total. The van der Waals surface area contributed by atoms with Crippen LogP contribution in [-0.2, 0) is 0 Å². The van der Waals surface area contributed by atoms with E-state index in [1.165, 1.54) is 0 Å². The van der Waals surface area contributed by atoms with Crippen LogP contribution < -0.4 is 9.47 Å². The lowest BCUT2D eigenvalue weighted by Gasteiger charge is -2.06. The lowest BCUT2D eigenvalue weighted by Crippen LogP contribution is -1.87. The summed E-state index contributed by atoms with van der Waals surface area (Å²) < 4.78 is 10.1. The van der Waals surface area contributed by atoms with Gasteiger partial charge in [-0.25, -0.2) is 0 Å². The van der Waals surface area contributed by atoms with Gasteiger partial charge >= 0.3 is 0 Å². The molecule has 0 heterocycles. The summed E-state index contributed by atoms with van der Waals surface area (Å²) in [5.41, 5.74) is 2.11. The van der Waals surface area contributed by atoms with E-state index in [1.807, 2.05) is 61.5 Å². The summed E-state index contributed by atoms with van der Waals surface area (Å²) in [7, 11) is 3.33. The number of allylic oxidation sites excluding steroid dienone is 1. The van der Waals surface area contributed by atoms with Gasteiger partial charge in [0.25, 0.3) is 0 Å². The summed E-state index contributed by atoms with van der Waals surface area (Å²) in [6.07, 6.45) is 0. The van der Waals surface area contributed by atoms with Crippen molar-refractivity contribution in [3.8, 4) is 11.5 Å². The lowest BCUT2D eigenvalue weighted by molar-refractivity contribution is 0.413. The Morgan fingerprint density at radius 2 is 1.40 bits per heavy atom. The predicted octanol–water partition coefficient (Wildman–Crippen LogP) is 5.06. The van der Waals surface area contributed by atoms with Crippen molar-refractivity contribution in [1.29, 1.82) is 0 Å². The zero-order valence-electron chi connectivity index (χ0n) is 11.7. The first-order valence-electron chi connectivity index (χ1n) is 6.07. The van der Waals surface area contributed by atoms with Crippen LogP contribution in [0.5, 0.6) is 11.5 Å². The first-order valence-corrected chi connectivity index (χ1v) is 6.07. The van der Waals surface area contributed by atoms with Crippen molar-refractivity contribution in [1.82, 2.24) is 0 Å². The Morgan fingerprint density at radius 1 is 0.850 bits per heavy atom. The number of para-hydroxylation sites is 2. The van der Waals surface area contributed by atoms with Crippen molar-refractivity contribution in [3.63, 3.8) is 0 Å². The molecule has 2 aromatic carbocycles. The monoisotopic (exact) mass is 272 g/mol. The lowest BCUT2D eigenvalue weighted by atomic mass is 10.1. The highest BCUT2D eigenvalue weighted by Gasteiger charge is 1.99. The Balaban J connectivity index is 0.000000359. The molecule has 0 radical (unpaired) electrons. The van der Waals surface area contributed by atoms with E-state index in [1.54, 1.807) is 14.2 Å². The van der Waals surface area contributed by atoms with Crippen LogP contribution in [0.2, 0.25) is 0 Å². The van der Waals surface area contributed by atoms with Crippen molar-refractivity contribution < 1.29 is 9.47 Å². The standard InChI is InChI=1S/C10H12O.C7H8O.CH4/c1-8(2)9-6-4-5-7-10(9)11-3;1-8-7-5-3-2-4-6-7;/h4-7H,1H2,2-3H3;2-6H,1H3;1H4. The first-order chi connectivity index (χ1) is 9.19. The third-order valence-electron chi connectivity index (χ3n) is 2.55. The number of methoxy groups -OCH3 is 2. The van der Waals surface area contributed by atoms with Crippen LogP contribution in [0.1, 0.15) is 19.9 Å². The Labute approximate surface area is 122 Å². The second-order valence-corrected chi connectivity index (χ2v) is 4.00. The zero-order valence-corrected chi connectivity index (χ0v) is 11.7. The van der Waals surface area contributed by atoms with Crippen LogP contribution in [0.25, 0.3) is 5.57 Å². The van der Waals surface area contributed by atoms with E-state index >= 15 is 0 Å². The Kier molecular flexibility index (Phi) is 8.60. The van der Waals surface area contributed by atoms with E-state index in [2.05, 4.69) is 6.58 Å². The molecule has 108 valence electrons. The molecule has 0 saturated carbocycles. The van der Waals surface area contributed by atoms with Gasteiger partial charge in [0.15, 0.2) is 0 Å². The molecule has 0 unspecified atom stereocenters. The quantitative estimate of drug-likeness (QED) is 0.777. The van der Waals surface area contributed by atoms with Gasteiger partial charge in [0, 0.05) is 5.56 Å². The second-order valence-electron chi connectivity index (χ2n) is 4.00. The number of rotatable bonds is 3. The van der Waals surface area contributed by atoms with Crippen molar-refractivity contribution in [2.75, 3.05) is 14.2 Å². The molecular weight excluding hydrogens is 248 g/mol. The van der Waals surface area contributed by atoms with Crippen LogP contribution in [0.4, 0.5) is 0 Å². The molecule has 20 heavy (non-hydrogen) atoms. The Morgan fingerprint density at radius 3 is 1.80 bits per heavy atom. The van der Waals surface area contributed by atoms with E-state index in [0.717, 1.165) is 22.6 Å². The Bertz CT molecular complexity index is 504. The molecule has 0 N–H and O–H groups in total. The van der Waals surface area contributed by atoms with Gasteiger partial charge in [0.05, 0.1) is 14.2 Å². The van der Waals surface area contributed by atoms with E-state index in [4.69, 9.17) is 9.47 Å². The maximum Gasteiger partial charge on any atom is 0.126 e. The molecule has 2 rings (SSSR count). The molecule has 0 fully saturated rings. The fourth-order valence-electron chi connectivity index (χ4n) is 1.55. The summed E-state index contributed by atoms with van der Waals surface area (Å²) >= 11 is 0. The van der Waals surface area contributed by atoms with Gasteiger partial charge < -0.3 is 9.47 Å². The highest BCUT2D eigenvalue weighted by Crippen LogP contribution is 2.23. The summed E-state index contributed by atoms with van der Waals surface area (Å²) in [5, 5.41) is 0. The molecule has 0 aliphatic rings. The smallest absolute Gasteiger partial charge is 0.126 e. The first kappa shape index (κ1) is 17.8. The van der Waals surface area contributed by atoms with Crippen molar-refractivity contribution in [2.24, 2.45) is 0 Å². The van der Waals surface area contributed by atoms with Gasteiger partial charge in [-0.1, -0.05) is 50.4 Å². The minimum absolute atomic E-state index is 0. The van der Waals surface area contributed by atoms with E-state index < -0.39 is 0 Å². The average Bonchev–Trinajstić information content (AvgIpc) is 2.48. The molecule has 0 saturated heterocycles. The van der Waals surface area contributed by atoms with Crippen molar-refractivity contribution in [2.45, 2.75) is 14.4 Å². The van der Waals surface area contributed by atoms with Gasteiger partial charge in [0.1, 0.15) is 11.5 Å². The average molecular weight is 272 g/mol. The van der Waals surface area contributed by atoms with Crippen LogP contribution >= 0.6 is 0 Å². The third-order valence-corrected chi connectivity index (χ3v) is 2.55. The van der Waals surface area contributed by atoms with Crippen LogP contribution in [0.15, 0.2) is 61.2 Å². The molecule has 0 atom stereocenters. The van der Waals surface area contributed by atoms with Gasteiger partial charge in [-0.15, -0.1) is 0 Å². The summed E-state index contributed by atoms with van der Waals surface area (Å²) in [5.74, 6) is 1.80. The molecule has 0 aromatic heterocycles. The number of benzene rings is 2. The highest BCUT2D eigenvalue weighted by atomic mass is 16.5. The minimum Gasteiger partial charge on any atom is -0.497 e. The number of ether oxygens (including phenoxy) is 2. The topological polar surface area (TPSA) is 18.5 Å². The third kappa shape index (κ3) is 5.61. The minimum atomic E-state index is 0. The van der Waals surface area contributed by atoms with Crippen molar-refractivity contribution >= 4 is 5.57 Å². The predicted molar refractivity (Wildman–Crippen MR) is 87.4 cm³/mol. The number of hydrogen-bond acceptors (Lipinski definition) is 2. The van der Waals surface area contributed by atoms with E-state index in [9.17, 15) is 0 Å². The van der Waals surface area contributed by atoms with Gasteiger partial charge in [0.2, 0.25) is 0 Å². The van der Waals surface area contributed by atoms with Gasteiger partial charge in [-0.3, -0.25) is 0 Å². The van der Waals surface area contributed by atoms with E-state index in [-0.39, 0.29) is 7.43 Å². The molecule has 0 aliphatic carbocycles. The van der Waals surface area contributed by atoms with Crippen LogP contribution in [0, 0.1) is 0 Å². The van der Waals surface area contributed by atoms with E-state index in [0.29, 0.717) is 0 Å². The maximum absolute atomic E-state index is 5.15. The fraction of sp³-hybridized carbons (Fsp3) is 0.222. The molecule has 0 amide bonds. The summed E-state index contributed by atoms with van der Waals surface area (Å²) in [4.78, 5) is 0. The largest absolute Gasteiger partial charge is 0.497 e. The van der Waals surface area contributed by atoms with Crippen molar-refractivity contribution in [3.05, 3.63) is 66.7 Å². The number of hydrogen-bond donors (Lipinski definition) is 0. The summed E-state index contributed by atoms with van der Waals surface area (Å²) in [6.45, 7) is 5.82. The zero-order chi connectivity index (χ0) is 14.1. The molecular formula is C18H24O2. The maximum atomic E-state index is 5.15. The molecule has 2 aromatic rings. The molecule has 0 aliphatic heterocycles.